The summed E-state index contributed by atoms with van der Waals surface area (Å²) in [6.07, 6.45) is 1.77. The molecule has 0 bridgehead atoms. The molecule has 0 radical (unpaired) electrons. The maximum atomic E-state index is 13.5. The summed E-state index contributed by atoms with van der Waals surface area (Å²) in [5.74, 6) is 0.240. The van der Waals surface area contributed by atoms with Crippen molar-refractivity contribution in [1.29, 1.82) is 0 Å². The van der Waals surface area contributed by atoms with E-state index in [0.29, 0.717) is 13.1 Å². The summed E-state index contributed by atoms with van der Waals surface area (Å²) in [5, 5.41) is 3.32. The zero-order chi connectivity index (χ0) is 19.0. The SMILES string of the molecule is Cc1ccc(C2(C(=O)N3CCNC[C@@H]3C(=O)N3CCN(C)CC3)CC2)cc1. The van der Waals surface area contributed by atoms with Crippen LogP contribution in [0.2, 0.25) is 0 Å². The monoisotopic (exact) mass is 370 g/mol. The van der Waals surface area contributed by atoms with Gasteiger partial charge in [0.25, 0.3) is 0 Å². The minimum atomic E-state index is -0.411. The van der Waals surface area contributed by atoms with E-state index in [-0.39, 0.29) is 17.9 Å². The fraction of sp³-hybridized carbons (Fsp3) is 0.619. The number of hydrogen-bond acceptors (Lipinski definition) is 4. The van der Waals surface area contributed by atoms with Crippen molar-refractivity contribution in [2.45, 2.75) is 31.2 Å². The molecule has 2 amide bonds. The zero-order valence-electron chi connectivity index (χ0n) is 16.4. The molecule has 27 heavy (non-hydrogen) atoms. The van der Waals surface area contributed by atoms with Crippen molar-refractivity contribution in [2.75, 3.05) is 52.9 Å². The number of nitrogens with one attached hydrogen (secondary N) is 1. The number of carbonyl (C=O) groups is 2. The van der Waals surface area contributed by atoms with Crippen LogP contribution < -0.4 is 5.32 Å². The van der Waals surface area contributed by atoms with E-state index in [2.05, 4.69) is 48.5 Å². The van der Waals surface area contributed by atoms with Crippen LogP contribution in [0.5, 0.6) is 0 Å². The molecule has 2 saturated heterocycles. The Hall–Kier alpha value is -1.92. The Morgan fingerprint density at radius 1 is 1.04 bits per heavy atom. The molecule has 1 N–H and O–H groups in total. The summed E-state index contributed by atoms with van der Waals surface area (Å²) in [7, 11) is 2.08. The minimum Gasteiger partial charge on any atom is -0.338 e. The molecule has 2 aliphatic heterocycles. The summed E-state index contributed by atoms with van der Waals surface area (Å²) < 4.78 is 0. The highest BCUT2D eigenvalue weighted by Crippen LogP contribution is 2.50. The van der Waals surface area contributed by atoms with E-state index in [1.54, 1.807) is 0 Å². The number of carbonyl (C=O) groups excluding carboxylic acids is 2. The molecule has 1 aromatic rings. The Morgan fingerprint density at radius 2 is 1.70 bits per heavy atom. The molecule has 1 aliphatic carbocycles. The van der Waals surface area contributed by atoms with E-state index in [1.807, 2.05) is 9.80 Å². The summed E-state index contributed by atoms with van der Waals surface area (Å²) in [5.41, 5.74) is 1.89. The largest absolute Gasteiger partial charge is 0.338 e. The van der Waals surface area contributed by atoms with Gasteiger partial charge < -0.3 is 20.0 Å². The smallest absolute Gasteiger partial charge is 0.246 e. The molecule has 3 fully saturated rings. The summed E-state index contributed by atoms with van der Waals surface area (Å²) in [6, 6.07) is 7.94. The number of piperazine rings is 2. The molecule has 0 spiro atoms. The highest BCUT2D eigenvalue weighted by atomic mass is 16.2. The van der Waals surface area contributed by atoms with Crippen molar-refractivity contribution in [3.05, 3.63) is 35.4 Å². The van der Waals surface area contributed by atoms with Gasteiger partial charge in [-0.2, -0.15) is 0 Å². The van der Waals surface area contributed by atoms with Crippen LogP contribution in [0.3, 0.4) is 0 Å². The van der Waals surface area contributed by atoms with Crippen molar-refractivity contribution in [2.24, 2.45) is 0 Å². The van der Waals surface area contributed by atoms with Crippen LogP contribution in [0.1, 0.15) is 24.0 Å². The van der Waals surface area contributed by atoms with E-state index in [4.69, 9.17) is 0 Å². The van der Waals surface area contributed by atoms with Crippen LogP contribution in [0.25, 0.3) is 0 Å². The highest BCUT2D eigenvalue weighted by Gasteiger charge is 2.54. The fourth-order valence-corrected chi connectivity index (χ4v) is 4.30. The Balaban J connectivity index is 1.53. The summed E-state index contributed by atoms with van der Waals surface area (Å²) in [6.45, 7) is 7.26. The number of aryl methyl sites for hydroxylation is 1. The molecule has 2 heterocycles. The predicted molar refractivity (Wildman–Crippen MR) is 105 cm³/mol. The molecule has 0 unspecified atom stereocenters. The third kappa shape index (κ3) is 3.48. The summed E-state index contributed by atoms with van der Waals surface area (Å²) >= 11 is 0. The average Bonchev–Trinajstić information content (AvgIpc) is 3.50. The quantitative estimate of drug-likeness (QED) is 0.847. The minimum absolute atomic E-state index is 0.100. The first-order valence-electron chi connectivity index (χ1n) is 10.1. The maximum Gasteiger partial charge on any atom is 0.246 e. The zero-order valence-corrected chi connectivity index (χ0v) is 16.4. The maximum absolute atomic E-state index is 13.5. The molecule has 3 aliphatic rings. The van der Waals surface area contributed by atoms with Crippen molar-refractivity contribution < 1.29 is 9.59 Å². The van der Waals surface area contributed by atoms with Crippen molar-refractivity contribution in [3.63, 3.8) is 0 Å². The topological polar surface area (TPSA) is 55.9 Å². The lowest BCUT2D eigenvalue weighted by Gasteiger charge is -2.41. The van der Waals surface area contributed by atoms with Gasteiger partial charge in [0.2, 0.25) is 11.8 Å². The second-order valence-electron chi connectivity index (χ2n) is 8.30. The van der Waals surface area contributed by atoms with Crippen LogP contribution in [0.4, 0.5) is 0 Å². The van der Waals surface area contributed by atoms with Crippen LogP contribution in [0, 0.1) is 6.92 Å². The van der Waals surface area contributed by atoms with Gasteiger partial charge in [0.05, 0.1) is 5.41 Å². The van der Waals surface area contributed by atoms with Crippen LogP contribution in [-0.2, 0) is 15.0 Å². The lowest BCUT2D eigenvalue weighted by molar-refractivity contribution is -0.149. The Kier molecular flexibility index (Phi) is 4.95. The number of nitrogens with zero attached hydrogens (tertiary/aromatic N) is 3. The first-order chi connectivity index (χ1) is 13.0. The van der Waals surface area contributed by atoms with E-state index in [9.17, 15) is 9.59 Å². The van der Waals surface area contributed by atoms with E-state index >= 15 is 0 Å². The average molecular weight is 370 g/mol. The molecular formula is C21H30N4O2. The number of hydrogen-bond donors (Lipinski definition) is 1. The molecule has 6 nitrogen and oxygen atoms in total. The van der Waals surface area contributed by atoms with Crippen molar-refractivity contribution in [1.82, 2.24) is 20.0 Å². The van der Waals surface area contributed by atoms with Gasteiger partial charge in [-0.25, -0.2) is 0 Å². The molecule has 1 saturated carbocycles. The van der Waals surface area contributed by atoms with Gasteiger partial charge in [-0.15, -0.1) is 0 Å². The molecule has 146 valence electrons. The molecule has 1 aromatic carbocycles. The van der Waals surface area contributed by atoms with Gasteiger partial charge in [-0.1, -0.05) is 29.8 Å². The molecular weight excluding hydrogens is 340 g/mol. The van der Waals surface area contributed by atoms with Crippen molar-refractivity contribution >= 4 is 11.8 Å². The van der Waals surface area contributed by atoms with E-state index < -0.39 is 5.41 Å². The van der Waals surface area contributed by atoms with Gasteiger partial charge in [0.15, 0.2) is 0 Å². The van der Waals surface area contributed by atoms with Crippen LogP contribution >= 0.6 is 0 Å². The first-order valence-corrected chi connectivity index (χ1v) is 10.1. The van der Waals surface area contributed by atoms with Gasteiger partial charge in [-0.3, -0.25) is 9.59 Å². The molecule has 0 aromatic heterocycles. The summed E-state index contributed by atoms with van der Waals surface area (Å²) in [4.78, 5) is 32.8. The van der Waals surface area contributed by atoms with Gasteiger partial charge in [0.1, 0.15) is 6.04 Å². The van der Waals surface area contributed by atoms with Gasteiger partial charge in [0, 0.05) is 45.8 Å². The lowest BCUT2D eigenvalue weighted by Crippen LogP contribution is -2.63. The Morgan fingerprint density at radius 3 is 2.33 bits per heavy atom. The Labute approximate surface area is 161 Å². The molecule has 4 rings (SSSR count). The normalized spacial score (nSPS) is 25.3. The third-order valence-electron chi connectivity index (χ3n) is 6.37. The first kappa shape index (κ1) is 18.4. The number of amides is 2. The molecule has 6 heteroatoms. The van der Waals surface area contributed by atoms with Crippen LogP contribution in [-0.4, -0.2) is 85.4 Å². The van der Waals surface area contributed by atoms with E-state index in [1.165, 1.54) is 5.56 Å². The number of benzene rings is 1. The van der Waals surface area contributed by atoms with Crippen molar-refractivity contribution in [3.8, 4) is 0 Å². The second-order valence-corrected chi connectivity index (χ2v) is 8.30. The lowest BCUT2D eigenvalue weighted by atomic mass is 9.92. The number of rotatable bonds is 3. The highest BCUT2D eigenvalue weighted by molar-refractivity contribution is 5.95. The second kappa shape index (κ2) is 7.24. The fourth-order valence-electron chi connectivity index (χ4n) is 4.30. The van der Waals surface area contributed by atoms with Gasteiger partial charge in [-0.05, 0) is 32.4 Å². The predicted octanol–water partition coefficient (Wildman–Crippen LogP) is 0.601. The third-order valence-corrected chi connectivity index (χ3v) is 6.37. The molecule has 1 atom stereocenters. The number of likely N-dealkylation sites (N-methyl/N-ethyl adjacent to an activating group) is 1. The standard InChI is InChI=1S/C21H30N4O2/c1-16-3-5-17(6-4-16)21(7-8-21)20(27)25-10-9-22-15-18(25)19(26)24-13-11-23(2)12-14-24/h3-6,18,22H,7-15H2,1-2H3/t18-/m1/s1. The van der Waals surface area contributed by atoms with E-state index in [0.717, 1.165) is 51.1 Å². The Bertz CT molecular complexity index is 705. The van der Waals surface area contributed by atoms with Gasteiger partial charge >= 0.3 is 0 Å². The van der Waals surface area contributed by atoms with Crippen LogP contribution in [0.15, 0.2) is 24.3 Å².